The smallest absolute Gasteiger partial charge is 0.397 e. The Bertz CT molecular complexity index is 1370. The van der Waals surface area contributed by atoms with E-state index in [2.05, 4.69) is 5.43 Å². The zero-order valence-electron chi connectivity index (χ0n) is 18.6. The van der Waals surface area contributed by atoms with E-state index in [4.69, 9.17) is 40.5 Å². The number of allylic oxidation sites excluding steroid dienone is 1. The largest absolute Gasteiger partial charge is 0.417 e. The molecular weight excluding hydrogens is 586 g/mol. The molecule has 0 saturated carbocycles. The van der Waals surface area contributed by atoms with Gasteiger partial charge in [-0.1, -0.05) is 53.0 Å². The third-order valence-electron chi connectivity index (χ3n) is 5.15. The first-order valence-electron chi connectivity index (χ1n) is 10.3. The topological polar surface area (TPSA) is 67.2 Å². The number of hydrogen-bond donors (Lipinski definition) is 3. The van der Waals surface area contributed by atoms with Gasteiger partial charge in [0.1, 0.15) is 11.7 Å². The predicted molar refractivity (Wildman–Crippen MR) is 133 cm³/mol. The van der Waals surface area contributed by atoms with Crippen molar-refractivity contribution in [1.82, 2.24) is 5.43 Å². The summed E-state index contributed by atoms with van der Waals surface area (Å²) in [7, 11) is 0. The summed E-state index contributed by atoms with van der Waals surface area (Å²) in [6.07, 6.45) is -10.2. The van der Waals surface area contributed by atoms with Gasteiger partial charge in [0.2, 0.25) is 0 Å². The van der Waals surface area contributed by atoms with Crippen LogP contribution in [0.3, 0.4) is 0 Å². The molecule has 202 valence electrons. The summed E-state index contributed by atoms with van der Waals surface area (Å²) in [6, 6.07) is 9.30. The fourth-order valence-electron chi connectivity index (χ4n) is 3.30. The third-order valence-corrected chi connectivity index (χ3v) is 6.34. The number of anilines is 2. The Hall–Kier alpha value is -3.15. The quantitative estimate of drug-likeness (QED) is 0.115. The van der Waals surface area contributed by atoms with Crippen molar-refractivity contribution < 1.29 is 35.5 Å². The number of hydrazine groups is 1. The Labute approximate surface area is 226 Å². The lowest BCUT2D eigenvalue weighted by Crippen LogP contribution is -2.31. The van der Waals surface area contributed by atoms with Crippen molar-refractivity contribution in [2.45, 2.75) is 18.3 Å². The summed E-state index contributed by atoms with van der Waals surface area (Å²) in [5.74, 6) is -5.52. The van der Waals surface area contributed by atoms with Gasteiger partial charge in [-0.25, -0.2) is 4.39 Å². The molecule has 0 radical (unpaired) electrons. The van der Waals surface area contributed by atoms with E-state index in [0.717, 1.165) is 18.2 Å². The number of amides is 1. The van der Waals surface area contributed by atoms with Crippen LogP contribution in [-0.4, -0.2) is 12.1 Å². The van der Waals surface area contributed by atoms with Crippen molar-refractivity contribution in [3.63, 3.8) is 0 Å². The average Bonchev–Trinajstić information content (AvgIpc) is 2.83. The molecule has 1 unspecified atom stereocenters. The minimum Gasteiger partial charge on any atom is -0.397 e. The summed E-state index contributed by atoms with van der Waals surface area (Å²) in [5.41, 5.74) is 6.54. The van der Waals surface area contributed by atoms with Crippen molar-refractivity contribution in [2.75, 3.05) is 11.2 Å². The van der Waals surface area contributed by atoms with Crippen molar-refractivity contribution >= 4 is 57.9 Å². The van der Waals surface area contributed by atoms with Crippen molar-refractivity contribution in [1.29, 1.82) is 0 Å². The molecule has 0 spiro atoms. The lowest BCUT2D eigenvalue weighted by Gasteiger charge is -2.19. The maximum atomic E-state index is 15.0. The molecule has 0 saturated heterocycles. The van der Waals surface area contributed by atoms with Crippen LogP contribution < -0.4 is 16.6 Å². The van der Waals surface area contributed by atoms with Gasteiger partial charge in [-0.15, -0.1) is 0 Å². The summed E-state index contributed by atoms with van der Waals surface area (Å²) in [5, 5.41) is -0.897. The Kier molecular flexibility index (Phi) is 8.75. The summed E-state index contributed by atoms with van der Waals surface area (Å²) < 4.78 is 97.5. The highest BCUT2D eigenvalue weighted by Crippen LogP contribution is 2.42. The molecule has 0 heterocycles. The lowest BCUT2D eigenvalue weighted by atomic mass is 9.95. The first-order chi connectivity index (χ1) is 17.6. The van der Waals surface area contributed by atoms with Gasteiger partial charge in [0.15, 0.2) is 0 Å². The van der Waals surface area contributed by atoms with Crippen LogP contribution in [0.5, 0.6) is 0 Å². The zero-order chi connectivity index (χ0) is 28.4. The van der Waals surface area contributed by atoms with Gasteiger partial charge in [0.25, 0.3) is 5.91 Å². The molecule has 0 bridgehead atoms. The molecule has 38 heavy (non-hydrogen) atoms. The molecule has 0 aromatic heterocycles. The van der Waals surface area contributed by atoms with Gasteiger partial charge in [-0.05, 0) is 48.0 Å². The van der Waals surface area contributed by atoms with Gasteiger partial charge in [-0.2, -0.15) is 26.3 Å². The molecule has 0 fully saturated rings. The van der Waals surface area contributed by atoms with E-state index in [0.29, 0.717) is 6.07 Å². The molecule has 0 aliphatic rings. The zero-order valence-corrected chi connectivity index (χ0v) is 20.9. The highest BCUT2D eigenvalue weighted by atomic mass is 35.5. The van der Waals surface area contributed by atoms with Crippen LogP contribution in [0.4, 0.5) is 42.1 Å². The van der Waals surface area contributed by atoms with Crippen molar-refractivity contribution in [3.8, 4) is 0 Å². The van der Waals surface area contributed by atoms with Crippen LogP contribution in [0.15, 0.2) is 60.7 Å². The Morgan fingerprint density at radius 1 is 0.921 bits per heavy atom. The number of carbonyl (C=O) groups is 1. The van der Waals surface area contributed by atoms with E-state index in [1.54, 1.807) is 12.1 Å². The van der Waals surface area contributed by atoms with E-state index >= 15 is 0 Å². The number of carbonyl (C=O) groups excluding carboxylic acids is 1. The molecule has 3 aromatic carbocycles. The van der Waals surface area contributed by atoms with E-state index in [1.165, 1.54) is 12.1 Å². The minimum absolute atomic E-state index is 0.0743. The van der Waals surface area contributed by atoms with Gasteiger partial charge in [0, 0.05) is 5.56 Å². The molecule has 3 aromatic rings. The number of halogens is 10. The van der Waals surface area contributed by atoms with Gasteiger partial charge >= 0.3 is 12.4 Å². The van der Waals surface area contributed by atoms with Crippen LogP contribution in [0.1, 0.15) is 33.0 Å². The number of hydrogen-bond acceptors (Lipinski definition) is 3. The van der Waals surface area contributed by atoms with Crippen LogP contribution in [0.2, 0.25) is 15.1 Å². The molecule has 3 rings (SSSR count). The van der Waals surface area contributed by atoms with E-state index in [1.807, 2.05) is 5.43 Å². The summed E-state index contributed by atoms with van der Waals surface area (Å²) >= 11 is 17.3. The molecule has 0 aliphatic heterocycles. The Balaban J connectivity index is 1.99. The maximum absolute atomic E-state index is 15.0. The second-order valence-corrected chi connectivity index (χ2v) is 8.95. The van der Waals surface area contributed by atoms with Gasteiger partial charge in [-0.3, -0.25) is 15.6 Å². The van der Waals surface area contributed by atoms with Crippen molar-refractivity contribution in [3.05, 3.63) is 98.0 Å². The predicted octanol–water partition coefficient (Wildman–Crippen LogP) is 8.66. The monoisotopic (exact) mass is 599 g/mol. The van der Waals surface area contributed by atoms with Gasteiger partial charge < -0.3 is 5.73 Å². The second kappa shape index (κ2) is 11.3. The first-order valence-corrected chi connectivity index (χ1v) is 11.4. The number of alkyl halides is 6. The molecule has 1 atom stereocenters. The molecule has 4 N–H and O–H groups in total. The fourth-order valence-corrected chi connectivity index (χ4v) is 3.92. The normalized spacial score (nSPS) is 13.3. The van der Waals surface area contributed by atoms with Crippen molar-refractivity contribution in [2.24, 2.45) is 0 Å². The third kappa shape index (κ3) is 6.83. The number of benzene rings is 3. The highest BCUT2D eigenvalue weighted by molar-refractivity contribution is 6.48. The Morgan fingerprint density at radius 2 is 1.53 bits per heavy atom. The van der Waals surface area contributed by atoms with Gasteiger partial charge in [0.05, 0.1) is 37.6 Å². The minimum atomic E-state index is -5.16. The van der Waals surface area contributed by atoms with E-state index in [9.17, 15) is 35.5 Å². The summed E-state index contributed by atoms with van der Waals surface area (Å²) in [6.45, 7) is 0. The fraction of sp³-hybridized carbons (Fsp3) is 0.125. The number of para-hydroxylation sites is 2. The lowest BCUT2D eigenvalue weighted by molar-refractivity contribution is -0.140. The number of rotatable bonds is 6. The van der Waals surface area contributed by atoms with E-state index < -0.39 is 52.3 Å². The van der Waals surface area contributed by atoms with Crippen LogP contribution in [0, 0.1) is 0 Å². The maximum Gasteiger partial charge on any atom is 0.417 e. The number of nitrogens with one attached hydrogen (secondary N) is 2. The van der Waals surface area contributed by atoms with E-state index in [-0.39, 0.29) is 38.6 Å². The summed E-state index contributed by atoms with van der Waals surface area (Å²) in [4.78, 5) is 12.5. The number of nitrogen functional groups attached to an aromatic ring is 1. The molecule has 0 aliphatic carbocycles. The van der Waals surface area contributed by atoms with Crippen LogP contribution in [0.25, 0.3) is 5.83 Å². The highest BCUT2D eigenvalue weighted by Gasteiger charge is 2.41. The average molecular weight is 601 g/mol. The second-order valence-electron chi connectivity index (χ2n) is 7.76. The molecular formula is C24H15Cl3F7N3O. The standard InChI is InChI=1S/C24H15Cl3F7N3O/c25-16-8-12(9-17(26)21(16)27)14(23(29,30)31)10-18(28)11-5-6-13(15(7-11)24(32,33)34)22(38)37-36-20-4-2-1-3-19(20)35/h1-10,14,36H,35H2,(H,37,38). The van der Waals surface area contributed by atoms with Crippen LogP contribution >= 0.6 is 34.8 Å². The SMILES string of the molecule is Nc1ccccc1NNC(=O)c1ccc(C(F)=CC(c2cc(Cl)c(Cl)c(Cl)c2)C(F)(F)F)cc1C(F)(F)F. The Morgan fingerprint density at radius 3 is 2.08 bits per heavy atom. The number of nitrogens with two attached hydrogens (primary N) is 1. The molecule has 4 nitrogen and oxygen atoms in total. The van der Waals surface area contributed by atoms with Crippen LogP contribution in [-0.2, 0) is 6.18 Å². The molecule has 1 amide bonds. The first kappa shape index (κ1) is 29.4. The molecule has 14 heteroatoms.